The van der Waals surface area contributed by atoms with E-state index >= 15 is 0 Å². The van der Waals surface area contributed by atoms with Gasteiger partial charge in [-0.2, -0.15) is 0 Å². The maximum Gasteiger partial charge on any atom is 0.123 e. The average Bonchev–Trinajstić information content (AvgIpc) is 2.41. The molecule has 0 aliphatic rings. The molecule has 0 heterocycles. The number of benzene rings is 2. The lowest BCUT2D eigenvalue weighted by molar-refractivity contribution is 0.619. The van der Waals surface area contributed by atoms with Gasteiger partial charge in [-0.15, -0.1) is 0 Å². The first-order chi connectivity index (χ1) is 9.20. The molecule has 0 aliphatic heterocycles. The van der Waals surface area contributed by atoms with Crippen LogP contribution in [0, 0.1) is 11.6 Å². The third kappa shape index (κ3) is 3.61. The molecule has 0 radical (unpaired) electrons. The van der Waals surface area contributed by atoms with Gasteiger partial charge in [0.25, 0.3) is 0 Å². The van der Waals surface area contributed by atoms with Crippen LogP contribution in [0.2, 0.25) is 0 Å². The Balaban J connectivity index is 2.30. The van der Waals surface area contributed by atoms with Crippen molar-refractivity contribution in [3.63, 3.8) is 0 Å². The summed E-state index contributed by atoms with van der Waals surface area (Å²) in [5.41, 5.74) is 2.72. The van der Waals surface area contributed by atoms with Crippen LogP contribution in [0.15, 0.2) is 42.5 Å². The number of rotatable bonds is 5. The number of halogens is 2. The van der Waals surface area contributed by atoms with Gasteiger partial charge in [-0.05, 0) is 53.9 Å². The van der Waals surface area contributed by atoms with Gasteiger partial charge in [0.2, 0.25) is 0 Å². The summed E-state index contributed by atoms with van der Waals surface area (Å²) < 4.78 is 26.3. The second kappa shape index (κ2) is 6.43. The first kappa shape index (κ1) is 13.7. The molecule has 0 aliphatic carbocycles. The molecule has 0 amide bonds. The van der Waals surface area contributed by atoms with Crippen molar-refractivity contribution in [2.24, 2.45) is 0 Å². The van der Waals surface area contributed by atoms with Crippen LogP contribution in [0.4, 0.5) is 8.78 Å². The average molecular weight is 261 g/mol. The molecule has 0 bridgehead atoms. The minimum absolute atomic E-state index is 0.251. The monoisotopic (exact) mass is 261 g/mol. The molecule has 100 valence electrons. The summed E-state index contributed by atoms with van der Waals surface area (Å²) in [7, 11) is 0. The van der Waals surface area contributed by atoms with Crippen molar-refractivity contribution < 1.29 is 8.78 Å². The van der Waals surface area contributed by atoms with Gasteiger partial charge in [0, 0.05) is 6.54 Å². The van der Waals surface area contributed by atoms with Gasteiger partial charge in [-0.25, -0.2) is 8.78 Å². The largest absolute Gasteiger partial charge is 0.313 e. The van der Waals surface area contributed by atoms with E-state index in [1.807, 2.05) is 0 Å². The lowest BCUT2D eigenvalue weighted by Gasteiger charge is -2.11. The lowest BCUT2D eigenvalue weighted by atomic mass is 9.99. The highest BCUT2D eigenvalue weighted by molar-refractivity contribution is 5.67. The fourth-order valence-corrected chi connectivity index (χ4v) is 2.02. The van der Waals surface area contributed by atoms with Crippen LogP contribution in [0.25, 0.3) is 11.1 Å². The van der Waals surface area contributed by atoms with Crippen LogP contribution in [0.5, 0.6) is 0 Å². The highest BCUT2D eigenvalue weighted by Crippen LogP contribution is 2.24. The number of nitrogens with one attached hydrogen (secondary N) is 1. The highest BCUT2D eigenvalue weighted by Gasteiger charge is 2.06. The van der Waals surface area contributed by atoms with Crippen LogP contribution in [0.3, 0.4) is 0 Å². The Bertz CT molecular complexity index is 535. The minimum Gasteiger partial charge on any atom is -0.313 e. The van der Waals surface area contributed by atoms with E-state index in [0.717, 1.165) is 29.7 Å². The molecule has 1 nitrogen and oxygen atoms in total. The molecule has 2 aromatic rings. The molecule has 0 saturated heterocycles. The smallest absolute Gasteiger partial charge is 0.123 e. The Morgan fingerprint density at radius 2 is 1.63 bits per heavy atom. The van der Waals surface area contributed by atoms with Gasteiger partial charge in [0.15, 0.2) is 0 Å². The first-order valence-electron chi connectivity index (χ1n) is 6.46. The predicted molar refractivity (Wildman–Crippen MR) is 73.8 cm³/mol. The zero-order chi connectivity index (χ0) is 13.7. The minimum atomic E-state index is -0.267. The van der Waals surface area contributed by atoms with Crippen LogP contribution in [-0.2, 0) is 6.54 Å². The van der Waals surface area contributed by atoms with E-state index in [1.54, 1.807) is 18.2 Å². The number of hydrogen-bond donors (Lipinski definition) is 1. The van der Waals surface area contributed by atoms with Gasteiger partial charge in [-0.1, -0.05) is 25.1 Å². The van der Waals surface area contributed by atoms with E-state index in [9.17, 15) is 8.78 Å². The summed E-state index contributed by atoms with van der Waals surface area (Å²) in [6.45, 7) is 3.58. The van der Waals surface area contributed by atoms with Crippen molar-refractivity contribution in [3.05, 3.63) is 59.7 Å². The highest BCUT2D eigenvalue weighted by atomic mass is 19.1. The van der Waals surface area contributed by atoms with Crippen LogP contribution in [-0.4, -0.2) is 6.54 Å². The van der Waals surface area contributed by atoms with Crippen molar-refractivity contribution in [3.8, 4) is 11.1 Å². The molecule has 0 spiro atoms. The molecule has 2 rings (SSSR count). The van der Waals surface area contributed by atoms with Crippen molar-refractivity contribution in [2.75, 3.05) is 6.54 Å². The second-order valence-electron chi connectivity index (χ2n) is 4.49. The van der Waals surface area contributed by atoms with Crippen LogP contribution < -0.4 is 5.32 Å². The summed E-state index contributed by atoms with van der Waals surface area (Å²) >= 11 is 0. The molecule has 3 heteroatoms. The molecular weight excluding hydrogens is 244 g/mol. The maximum atomic E-state index is 13.3. The van der Waals surface area contributed by atoms with E-state index in [2.05, 4.69) is 12.2 Å². The first-order valence-corrected chi connectivity index (χ1v) is 6.46. The van der Waals surface area contributed by atoms with E-state index in [-0.39, 0.29) is 11.6 Å². The standard InChI is InChI=1S/C16H17F2N/c1-2-9-19-11-13-10-15(18)7-8-16(13)12-3-5-14(17)6-4-12/h3-8,10,19H,2,9,11H2,1H3. The maximum absolute atomic E-state index is 13.3. The van der Waals surface area contributed by atoms with E-state index in [4.69, 9.17) is 0 Å². The summed E-state index contributed by atoms with van der Waals surface area (Å²) in [5.74, 6) is -0.518. The molecule has 0 saturated carbocycles. The Morgan fingerprint density at radius 3 is 2.32 bits per heavy atom. The van der Waals surface area contributed by atoms with Crippen LogP contribution >= 0.6 is 0 Å². The molecule has 2 aromatic carbocycles. The molecule has 1 N–H and O–H groups in total. The molecule has 0 atom stereocenters. The van der Waals surface area contributed by atoms with Gasteiger partial charge in [0.05, 0.1) is 0 Å². The van der Waals surface area contributed by atoms with Crippen molar-refractivity contribution >= 4 is 0 Å². The van der Waals surface area contributed by atoms with E-state index in [1.165, 1.54) is 24.3 Å². The second-order valence-corrected chi connectivity index (χ2v) is 4.49. The van der Waals surface area contributed by atoms with E-state index in [0.29, 0.717) is 6.54 Å². The predicted octanol–water partition coefficient (Wildman–Crippen LogP) is 4.13. The van der Waals surface area contributed by atoms with Gasteiger partial charge < -0.3 is 5.32 Å². The third-order valence-corrected chi connectivity index (χ3v) is 2.96. The molecule has 19 heavy (non-hydrogen) atoms. The third-order valence-electron chi connectivity index (χ3n) is 2.96. The zero-order valence-electron chi connectivity index (χ0n) is 10.9. The van der Waals surface area contributed by atoms with Crippen molar-refractivity contribution in [2.45, 2.75) is 19.9 Å². The Morgan fingerprint density at radius 1 is 0.947 bits per heavy atom. The fraction of sp³-hybridized carbons (Fsp3) is 0.250. The van der Waals surface area contributed by atoms with Crippen molar-refractivity contribution in [1.82, 2.24) is 5.32 Å². The quantitative estimate of drug-likeness (QED) is 0.798. The molecule has 0 aromatic heterocycles. The normalized spacial score (nSPS) is 10.7. The molecule has 0 fully saturated rings. The van der Waals surface area contributed by atoms with Crippen LogP contribution in [0.1, 0.15) is 18.9 Å². The van der Waals surface area contributed by atoms with Gasteiger partial charge >= 0.3 is 0 Å². The van der Waals surface area contributed by atoms with Gasteiger partial charge in [0.1, 0.15) is 11.6 Å². The van der Waals surface area contributed by atoms with Gasteiger partial charge in [-0.3, -0.25) is 0 Å². The fourth-order valence-electron chi connectivity index (χ4n) is 2.02. The zero-order valence-corrected chi connectivity index (χ0v) is 10.9. The number of hydrogen-bond acceptors (Lipinski definition) is 1. The summed E-state index contributed by atoms with van der Waals surface area (Å²) in [6.07, 6.45) is 1.03. The SMILES string of the molecule is CCCNCc1cc(F)ccc1-c1ccc(F)cc1. The Hall–Kier alpha value is -1.74. The Kier molecular flexibility index (Phi) is 4.63. The molecule has 0 unspecified atom stereocenters. The lowest BCUT2D eigenvalue weighted by Crippen LogP contribution is -2.14. The summed E-state index contributed by atoms with van der Waals surface area (Å²) in [5, 5.41) is 3.26. The summed E-state index contributed by atoms with van der Waals surface area (Å²) in [6, 6.07) is 11.0. The summed E-state index contributed by atoms with van der Waals surface area (Å²) in [4.78, 5) is 0. The van der Waals surface area contributed by atoms with E-state index < -0.39 is 0 Å². The Labute approximate surface area is 112 Å². The molecular formula is C16H17F2N. The topological polar surface area (TPSA) is 12.0 Å². The van der Waals surface area contributed by atoms with Crippen molar-refractivity contribution in [1.29, 1.82) is 0 Å².